The van der Waals surface area contributed by atoms with E-state index < -0.39 is 11.5 Å². The molecule has 0 aliphatic heterocycles. The number of hydrogen-bond donors (Lipinski definition) is 2. The minimum atomic E-state index is -1.09. The molecule has 19 heavy (non-hydrogen) atoms. The molecule has 2 rings (SSSR count). The minimum absolute atomic E-state index is 0.116. The summed E-state index contributed by atoms with van der Waals surface area (Å²) in [6.45, 7) is 4.18. The zero-order valence-corrected chi connectivity index (χ0v) is 11.7. The number of aliphatic carboxylic acids is 1. The number of aryl methyl sites for hydroxylation is 2. The molecule has 0 saturated heterocycles. The van der Waals surface area contributed by atoms with E-state index in [2.05, 4.69) is 25.0 Å². The highest BCUT2D eigenvalue weighted by molar-refractivity contribution is 5.78. The van der Waals surface area contributed by atoms with Gasteiger partial charge in [-0.05, 0) is 44.6 Å². The molecule has 0 radical (unpaired) electrons. The lowest BCUT2D eigenvalue weighted by Crippen LogP contribution is -2.51. The van der Waals surface area contributed by atoms with E-state index in [1.807, 2.05) is 4.68 Å². The molecule has 3 N–H and O–H groups in total. The van der Waals surface area contributed by atoms with E-state index in [1.54, 1.807) is 0 Å². The van der Waals surface area contributed by atoms with Crippen LogP contribution < -0.4 is 5.73 Å². The summed E-state index contributed by atoms with van der Waals surface area (Å²) in [6, 6.07) is 2.23. The van der Waals surface area contributed by atoms with Gasteiger partial charge in [0.15, 0.2) is 0 Å². The maximum absolute atomic E-state index is 11.3. The first-order chi connectivity index (χ1) is 9.00. The van der Waals surface area contributed by atoms with Crippen molar-refractivity contribution >= 4 is 5.97 Å². The number of nitrogens with two attached hydrogens (primary N) is 1. The first-order valence-electron chi connectivity index (χ1n) is 7.09. The first kappa shape index (κ1) is 14.1. The van der Waals surface area contributed by atoms with Gasteiger partial charge in [-0.25, -0.2) is 0 Å². The average molecular weight is 265 g/mol. The van der Waals surface area contributed by atoms with E-state index in [-0.39, 0.29) is 6.04 Å². The van der Waals surface area contributed by atoms with E-state index in [9.17, 15) is 9.90 Å². The van der Waals surface area contributed by atoms with Gasteiger partial charge in [0.2, 0.25) is 0 Å². The smallest absolute Gasteiger partial charge is 0.323 e. The Bertz CT molecular complexity index is 469. The Morgan fingerprint density at radius 3 is 2.89 bits per heavy atom. The quantitative estimate of drug-likeness (QED) is 0.871. The van der Waals surface area contributed by atoms with Crippen molar-refractivity contribution in [3.05, 3.63) is 17.5 Å². The van der Waals surface area contributed by atoms with Crippen LogP contribution in [0.25, 0.3) is 0 Å². The van der Waals surface area contributed by atoms with Crippen LogP contribution in [0, 0.1) is 0 Å². The van der Waals surface area contributed by atoms with Gasteiger partial charge in [0, 0.05) is 5.69 Å². The number of carboxylic acid groups (broad SMARTS) is 1. The molecule has 1 aromatic heterocycles. The number of carboxylic acids is 1. The van der Waals surface area contributed by atoms with Crippen molar-refractivity contribution in [2.45, 2.75) is 64.0 Å². The summed E-state index contributed by atoms with van der Waals surface area (Å²) >= 11 is 0. The molecular formula is C14H23N3O2. The Morgan fingerprint density at radius 2 is 2.32 bits per heavy atom. The maximum Gasteiger partial charge on any atom is 0.323 e. The lowest BCUT2D eigenvalue weighted by molar-refractivity contribution is -0.145. The SMILES string of the molecule is CCc1cc(CC)n(C2CCCC(N)(C(=O)O)C2)n1. The topological polar surface area (TPSA) is 81.1 Å². The zero-order valence-electron chi connectivity index (χ0n) is 11.7. The second-order valence-corrected chi connectivity index (χ2v) is 5.49. The highest BCUT2D eigenvalue weighted by Crippen LogP contribution is 2.34. The fourth-order valence-corrected chi connectivity index (χ4v) is 2.92. The molecule has 1 aliphatic carbocycles. The standard InChI is InChI=1S/C14H23N3O2/c1-3-10-8-11(4-2)17(16-10)12-6-5-7-14(15,9-12)13(18)19/h8,12H,3-7,9,15H2,1-2H3,(H,18,19). The van der Waals surface area contributed by atoms with E-state index >= 15 is 0 Å². The van der Waals surface area contributed by atoms with Gasteiger partial charge in [0.05, 0.1) is 11.7 Å². The van der Waals surface area contributed by atoms with Crippen molar-refractivity contribution in [2.24, 2.45) is 5.73 Å². The summed E-state index contributed by atoms with van der Waals surface area (Å²) in [5, 5.41) is 13.9. The maximum atomic E-state index is 11.3. The van der Waals surface area contributed by atoms with Crippen LogP contribution in [0.2, 0.25) is 0 Å². The summed E-state index contributed by atoms with van der Waals surface area (Å²) in [4.78, 5) is 11.3. The fraction of sp³-hybridized carbons (Fsp3) is 0.714. The summed E-state index contributed by atoms with van der Waals surface area (Å²) in [5.74, 6) is -0.891. The van der Waals surface area contributed by atoms with Gasteiger partial charge < -0.3 is 10.8 Å². The molecule has 0 amide bonds. The Hall–Kier alpha value is -1.36. The molecule has 0 spiro atoms. The molecular weight excluding hydrogens is 242 g/mol. The molecule has 1 aliphatic rings. The van der Waals surface area contributed by atoms with Gasteiger partial charge in [-0.1, -0.05) is 13.8 Å². The Morgan fingerprint density at radius 1 is 1.58 bits per heavy atom. The summed E-state index contributed by atoms with van der Waals surface area (Å²) in [6.07, 6.45) is 4.65. The van der Waals surface area contributed by atoms with Crippen LogP contribution in [0.1, 0.15) is 57.0 Å². The van der Waals surface area contributed by atoms with Gasteiger partial charge in [0.1, 0.15) is 5.54 Å². The molecule has 1 saturated carbocycles. The van der Waals surface area contributed by atoms with Crippen LogP contribution in [0.5, 0.6) is 0 Å². The first-order valence-corrected chi connectivity index (χ1v) is 7.09. The molecule has 5 heteroatoms. The summed E-state index contributed by atoms with van der Waals surface area (Å²) in [5.41, 5.74) is 7.18. The summed E-state index contributed by atoms with van der Waals surface area (Å²) < 4.78 is 2.02. The predicted molar refractivity (Wildman–Crippen MR) is 73.0 cm³/mol. The highest BCUT2D eigenvalue weighted by atomic mass is 16.4. The van der Waals surface area contributed by atoms with Crippen LogP contribution in [0.3, 0.4) is 0 Å². The van der Waals surface area contributed by atoms with Crippen molar-refractivity contribution in [2.75, 3.05) is 0 Å². The third-order valence-electron chi connectivity index (χ3n) is 4.12. The van der Waals surface area contributed by atoms with Gasteiger partial charge in [-0.2, -0.15) is 5.10 Å². The van der Waals surface area contributed by atoms with Gasteiger partial charge in [-0.15, -0.1) is 0 Å². The average Bonchev–Trinajstić information content (AvgIpc) is 2.82. The number of rotatable bonds is 4. The molecule has 1 aromatic rings. The van der Waals surface area contributed by atoms with Crippen LogP contribution in [0.4, 0.5) is 0 Å². The van der Waals surface area contributed by atoms with E-state index in [0.29, 0.717) is 12.8 Å². The Balaban J connectivity index is 2.26. The summed E-state index contributed by atoms with van der Waals surface area (Å²) in [7, 11) is 0. The number of carbonyl (C=O) groups is 1. The van der Waals surface area contributed by atoms with Gasteiger partial charge in [0.25, 0.3) is 0 Å². The molecule has 106 valence electrons. The molecule has 2 unspecified atom stereocenters. The molecule has 0 aromatic carbocycles. The number of aromatic nitrogens is 2. The molecule has 1 fully saturated rings. The zero-order chi connectivity index (χ0) is 14.0. The van der Waals surface area contributed by atoms with E-state index in [0.717, 1.165) is 31.4 Å². The number of hydrogen-bond acceptors (Lipinski definition) is 3. The Kier molecular flexibility index (Phi) is 3.94. The van der Waals surface area contributed by atoms with Crippen LogP contribution in [-0.4, -0.2) is 26.4 Å². The second kappa shape index (κ2) is 5.33. The monoisotopic (exact) mass is 265 g/mol. The van der Waals surface area contributed by atoms with Crippen molar-refractivity contribution in [1.82, 2.24) is 9.78 Å². The highest BCUT2D eigenvalue weighted by Gasteiger charge is 2.40. The minimum Gasteiger partial charge on any atom is -0.480 e. The molecule has 0 bridgehead atoms. The predicted octanol–water partition coefficient (Wildman–Crippen LogP) is 1.91. The largest absolute Gasteiger partial charge is 0.480 e. The van der Waals surface area contributed by atoms with Crippen molar-refractivity contribution in [3.63, 3.8) is 0 Å². The van der Waals surface area contributed by atoms with E-state index in [4.69, 9.17) is 5.73 Å². The van der Waals surface area contributed by atoms with Gasteiger partial charge in [-0.3, -0.25) is 9.48 Å². The van der Waals surface area contributed by atoms with E-state index in [1.165, 1.54) is 5.69 Å². The lowest BCUT2D eigenvalue weighted by atomic mass is 9.80. The van der Waals surface area contributed by atoms with Crippen LogP contribution >= 0.6 is 0 Å². The van der Waals surface area contributed by atoms with Crippen LogP contribution in [0.15, 0.2) is 6.07 Å². The third kappa shape index (κ3) is 2.66. The van der Waals surface area contributed by atoms with Crippen molar-refractivity contribution in [1.29, 1.82) is 0 Å². The fourth-order valence-electron chi connectivity index (χ4n) is 2.92. The number of nitrogens with zero attached hydrogens (tertiary/aromatic N) is 2. The molecule has 2 atom stereocenters. The van der Waals surface area contributed by atoms with Crippen molar-refractivity contribution < 1.29 is 9.90 Å². The second-order valence-electron chi connectivity index (χ2n) is 5.49. The lowest BCUT2D eigenvalue weighted by Gasteiger charge is -2.35. The van der Waals surface area contributed by atoms with Crippen molar-refractivity contribution in [3.8, 4) is 0 Å². The third-order valence-corrected chi connectivity index (χ3v) is 4.12. The molecule has 5 nitrogen and oxygen atoms in total. The van der Waals surface area contributed by atoms with Crippen LogP contribution in [-0.2, 0) is 17.6 Å². The normalized spacial score (nSPS) is 27.4. The van der Waals surface area contributed by atoms with Gasteiger partial charge >= 0.3 is 5.97 Å². The molecule has 1 heterocycles. The Labute approximate surface area is 113 Å².